The maximum absolute atomic E-state index is 11.7. The van der Waals surface area contributed by atoms with Gasteiger partial charge in [0.1, 0.15) is 11.5 Å². The van der Waals surface area contributed by atoms with E-state index in [1.54, 1.807) is 29.0 Å². The molecule has 94 valence electrons. The van der Waals surface area contributed by atoms with Gasteiger partial charge >= 0.3 is 0 Å². The minimum atomic E-state index is -0.0666. The summed E-state index contributed by atoms with van der Waals surface area (Å²) < 4.78 is 7.29. The molecule has 0 atom stereocenters. The molecule has 0 spiro atoms. The van der Waals surface area contributed by atoms with E-state index in [2.05, 4.69) is 0 Å². The van der Waals surface area contributed by atoms with Crippen molar-refractivity contribution in [3.05, 3.63) is 52.4 Å². The van der Waals surface area contributed by atoms with Gasteiger partial charge in [-0.1, -0.05) is 0 Å². The van der Waals surface area contributed by atoms with Crippen molar-refractivity contribution >= 4 is 5.69 Å². The molecule has 4 nitrogen and oxygen atoms in total. The molecule has 2 aromatic rings. The maximum atomic E-state index is 11.7. The Morgan fingerprint density at radius 3 is 2.67 bits per heavy atom. The minimum Gasteiger partial charge on any atom is -0.457 e. The number of aromatic nitrogens is 1. The lowest BCUT2D eigenvalue weighted by Gasteiger charge is -2.10. The van der Waals surface area contributed by atoms with Crippen molar-refractivity contribution in [3.63, 3.8) is 0 Å². The summed E-state index contributed by atoms with van der Waals surface area (Å²) in [6.45, 7) is 4.49. The molecule has 1 aromatic heterocycles. The molecule has 0 unspecified atom stereocenters. The van der Waals surface area contributed by atoms with Crippen LogP contribution in [0.2, 0.25) is 0 Å². The third kappa shape index (κ3) is 2.53. The van der Waals surface area contributed by atoms with Crippen LogP contribution in [0.3, 0.4) is 0 Å². The predicted molar refractivity (Wildman–Crippen MR) is 72.0 cm³/mol. The maximum Gasteiger partial charge on any atom is 0.254 e. The van der Waals surface area contributed by atoms with E-state index >= 15 is 0 Å². The number of benzene rings is 1. The van der Waals surface area contributed by atoms with Crippen molar-refractivity contribution < 1.29 is 4.74 Å². The molecule has 1 heterocycles. The molecule has 0 aliphatic heterocycles. The number of nitrogen functional groups attached to an aromatic ring is 1. The predicted octanol–water partition coefficient (Wildman–Crippen LogP) is 2.55. The second-order valence-electron chi connectivity index (χ2n) is 4.11. The van der Waals surface area contributed by atoms with E-state index in [0.717, 1.165) is 5.56 Å². The molecule has 2 rings (SSSR count). The van der Waals surface area contributed by atoms with E-state index in [1.807, 2.05) is 19.9 Å². The van der Waals surface area contributed by atoms with Gasteiger partial charge in [-0.2, -0.15) is 0 Å². The number of nitrogens with two attached hydrogens (primary N) is 1. The topological polar surface area (TPSA) is 57.2 Å². The zero-order valence-electron chi connectivity index (χ0n) is 10.5. The minimum absolute atomic E-state index is 0.0666. The highest BCUT2D eigenvalue weighted by Gasteiger charge is 2.03. The molecule has 0 fully saturated rings. The molecule has 18 heavy (non-hydrogen) atoms. The van der Waals surface area contributed by atoms with Crippen LogP contribution in [0, 0.1) is 6.92 Å². The average Bonchev–Trinajstić information content (AvgIpc) is 2.33. The fraction of sp³-hybridized carbons (Fsp3) is 0.214. The van der Waals surface area contributed by atoms with Gasteiger partial charge in [0.2, 0.25) is 0 Å². The summed E-state index contributed by atoms with van der Waals surface area (Å²) in [6.07, 6.45) is 1.73. The van der Waals surface area contributed by atoms with Crippen LogP contribution in [-0.2, 0) is 6.54 Å². The number of nitrogens with zero attached hydrogens (tertiary/aromatic N) is 1. The van der Waals surface area contributed by atoms with E-state index in [-0.39, 0.29) is 5.56 Å². The highest BCUT2D eigenvalue weighted by Crippen LogP contribution is 2.25. The zero-order chi connectivity index (χ0) is 13.1. The van der Waals surface area contributed by atoms with E-state index in [9.17, 15) is 4.79 Å². The molecule has 0 saturated heterocycles. The van der Waals surface area contributed by atoms with Crippen molar-refractivity contribution in [1.29, 1.82) is 0 Å². The van der Waals surface area contributed by atoms with Crippen molar-refractivity contribution in [3.8, 4) is 11.5 Å². The molecule has 0 radical (unpaired) electrons. The molecular formula is C14H16N2O2. The SMILES string of the molecule is CCn1ccc(Oc2ccc(N)cc2C)cc1=O. The number of rotatable bonds is 3. The molecule has 0 bridgehead atoms. The molecule has 0 aliphatic carbocycles. The lowest BCUT2D eigenvalue weighted by Crippen LogP contribution is -2.16. The first-order chi connectivity index (χ1) is 8.60. The van der Waals surface area contributed by atoms with Crippen molar-refractivity contribution in [1.82, 2.24) is 4.57 Å². The largest absolute Gasteiger partial charge is 0.457 e. The summed E-state index contributed by atoms with van der Waals surface area (Å²) in [6, 6.07) is 8.67. The third-order valence-electron chi connectivity index (χ3n) is 2.74. The van der Waals surface area contributed by atoms with E-state index in [1.165, 1.54) is 6.07 Å². The lowest BCUT2D eigenvalue weighted by atomic mass is 10.2. The van der Waals surface area contributed by atoms with Crippen molar-refractivity contribution in [2.75, 3.05) is 5.73 Å². The lowest BCUT2D eigenvalue weighted by molar-refractivity contribution is 0.475. The molecule has 1 aromatic carbocycles. The fourth-order valence-corrected chi connectivity index (χ4v) is 1.73. The van der Waals surface area contributed by atoms with Crippen LogP contribution in [-0.4, -0.2) is 4.57 Å². The fourth-order valence-electron chi connectivity index (χ4n) is 1.73. The number of hydrogen-bond donors (Lipinski definition) is 1. The Kier molecular flexibility index (Phi) is 3.37. The van der Waals surface area contributed by atoms with Gasteiger partial charge in [0.15, 0.2) is 0 Å². The smallest absolute Gasteiger partial charge is 0.254 e. The summed E-state index contributed by atoms with van der Waals surface area (Å²) in [5.74, 6) is 1.25. The highest BCUT2D eigenvalue weighted by atomic mass is 16.5. The van der Waals surface area contributed by atoms with Gasteiger partial charge in [-0.15, -0.1) is 0 Å². The highest BCUT2D eigenvalue weighted by molar-refractivity contribution is 5.48. The Balaban J connectivity index is 2.29. The molecular weight excluding hydrogens is 228 g/mol. The van der Waals surface area contributed by atoms with Gasteiger partial charge in [0.25, 0.3) is 5.56 Å². The Labute approximate surface area is 106 Å². The van der Waals surface area contributed by atoms with Gasteiger partial charge in [-0.3, -0.25) is 4.79 Å². The van der Waals surface area contributed by atoms with Gasteiger partial charge in [0, 0.05) is 24.5 Å². The first-order valence-corrected chi connectivity index (χ1v) is 5.84. The number of ether oxygens (including phenoxy) is 1. The summed E-state index contributed by atoms with van der Waals surface area (Å²) in [4.78, 5) is 11.7. The Bertz CT molecular complexity index is 617. The van der Waals surface area contributed by atoms with Crippen LogP contribution in [0.25, 0.3) is 0 Å². The number of hydrogen-bond acceptors (Lipinski definition) is 3. The van der Waals surface area contributed by atoms with Gasteiger partial charge in [-0.05, 0) is 43.7 Å². The van der Waals surface area contributed by atoms with Gasteiger partial charge < -0.3 is 15.0 Å². The second-order valence-corrected chi connectivity index (χ2v) is 4.11. The molecule has 0 saturated carbocycles. The number of anilines is 1. The van der Waals surface area contributed by atoms with Crippen LogP contribution in [0.1, 0.15) is 12.5 Å². The zero-order valence-corrected chi connectivity index (χ0v) is 10.5. The molecule has 4 heteroatoms. The van der Waals surface area contributed by atoms with Gasteiger partial charge in [-0.25, -0.2) is 0 Å². The van der Waals surface area contributed by atoms with E-state index in [0.29, 0.717) is 23.7 Å². The van der Waals surface area contributed by atoms with Crippen LogP contribution in [0.4, 0.5) is 5.69 Å². The third-order valence-corrected chi connectivity index (χ3v) is 2.74. The molecule has 2 N–H and O–H groups in total. The Hall–Kier alpha value is -2.23. The quantitative estimate of drug-likeness (QED) is 0.844. The van der Waals surface area contributed by atoms with Crippen LogP contribution < -0.4 is 16.0 Å². The van der Waals surface area contributed by atoms with E-state index < -0.39 is 0 Å². The average molecular weight is 244 g/mol. The number of pyridine rings is 1. The standard InChI is InChI=1S/C14H16N2O2/c1-3-16-7-6-12(9-14(16)17)18-13-5-4-11(15)8-10(13)2/h4-9H,3,15H2,1-2H3. The summed E-state index contributed by atoms with van der Waals surface area (Å²) in [5, 5.41) is 0. The number of aryl methyl sites for hydroxylation is 2. The monoisotopic (exact) mass is 244 g/mol. The summed E-state index contributed by atoms with van der Waals surface area (Å²) in [5.41, 5.74) is 7.24. The van der Waals surface area contributed by atoms with Gasteiger partial charge in [0.05, 0.1) is 0 Å². The second kappa shape index (κ2) is 4.96. The normalized spacial score (nSPS) is 10.3. The summed E-state index contributed by atoms with van der Waals surface area (Å²) in [7, 11) is 0. The van der Waals surface area contributed by atoms with Crippen LogP contribution in [0.15, 0.2) is 41.3 Å². The molecule has 0 amide bonds. The van der Waals surface area contributed by atoms with Crippen molar-refractivity contribution in [2.24, 2.45) is 0 Å². The van der Waals surface area contributed by atoms with E-state index in [4.69, 9.17) is 10.5 Å². The van der Waals surface area contributed by atoms with Crippen LogP contribution >= 0.6 is 0 Å². The van der Waals surface area contributed by atoms with Crippen molar-refractivity contribution in [2.45, 2.75) is 20.4 Å². The Morgan fingerprint density at radius 2 is 2.06 bits per heavy atom. The summed E-state index contributed by atoms with van der Waals surface area (Å²) >= 11 is 0. The first-order valence-electron chi connectivity index (χ1n) is 5.84. The molecule has 0 aliphatic rings. The van der Waals surface area contributed by atoms with Crippen LogP contribution in [0.5, 0.6) is 11.5 Å². The first kappa shape index (κ1) is 12.2. The Morgan fingerprint density at radius 1 is 1.28 bits per heavy atom.